The molecule has 92 valence electrons. The van der Waals surface area contributed by atoms with Gasteiger partial charge in [-0.3, -0.25) is 9.69 Å². The average Bonchev–Trinajstić information content (AvgIpc) is 2.63. The van der Waals surface area contributed by atoms with Crippen LogP contribution < -0.4 is 0 Å². The Morgan fingerprint density at radius 2 is 2.00 bits per heavy atom. The molecule has 4 nitrogen and oxygen atoms in total. The molecule has 0 amide bonds. The van der Waals surface area contributed by atoms with Crippen LogP contribution in [-0.2, 0) is 11.3 Å². The van der Waals surface area contributed by atoms with Crippen molar-refractivity contribution in [1.29, 1.82) is 0 Å². The van der Waals surface area contributed by atoms with Crippen LogP contribution in [0.2, 0.25) is 0 Å². The number of aromatic hydroxyl groups is 1. The van der Waals surface area contributed by atoms with E-state index in [-0.39, 0.29) is 17.6 Å². The van der Waals surface area contributed by atoms with Crippen LogP contribution in [0.4, 0.5) is 0 Å². The Morgan fingerprint density at radius 1 is 1.35 bits per heavy atom. The maximum Gasteiger partial charge on any atom is 0.308 e. The Kier molecular flexibility index (Phi) is 3.33. The SMILES string of the molecule is C[C@@H]1CN(Cc2ccc(O)cc2)C[C@H]1C(=O)O. The summed E-state index contributed by atoms with van der Waals surface area (Å²) in [5.74, 6) is -0.505. The van der Waals surface area contributed by atoms with Gasteiger partial charge in [0.1, 0.15) is 5.75 Å². The summed E-state index contributed by atoms with van der Waals surface area (Å²) in [7, 11) is 0. The molecule has 1 heterocycles. The van der Waals surface area contributed by atoms with E-state index in [1.165, 1.54) is 0 Å². The van der Waals surface area contributed by atoms with Crippen molar-refractivity contribution < 1.29 is 15.0 Å². The van der Waals surface area contributed by atoms with Crippen LogP contribution in [0.3, 0.4) is 0 Å². The van der Waals surface area contributed by atoms with Crippen molar-refractivity contribution in [2.45, 2.75) is 13.5 Å². The fourth-order valence-electron chi connectivity index (χ4n) is 2.38. The summed E-state index contributed by atoms with van der Waals surface area (Å²) < 4.78 is 0. The van der Waals surface area contributed by atoms with Crippen LogP contribution >= 0.6 is 0 Å². The molecule has 0 aromatic heterocycles. The van der Waals surface area contributed by atoms with E-state index < -0.39 is 5.97 Å². The molecule has 1 aliphatic rings. The number of hydrogen-bond donors (Lipinski definition) is 2. The zero-order valence-corrected chi connectivity index (χ0v) is 9.84. The van der Waals surface area contributed by atoms with Gasteiger partial charge in [0.25, 0.3) is 0 Å². The van der Waals surface area contributed by atoms with Gasteiger partial charge in [-0.1, -0.05) is 19.1 Å². The van der Waals surface area contributed by atoms with E-state index in [2.05, 4.69) is 4.90 Å². The van der Waals surface area contributed by atoms with Gasteiger partial charge >= 0.3 is 5.97 Å². The molecule has 17 heavy (non-hydrogen) atoms. The number of phenols is 1. The molecular weight excluding hydrogens is 218 g/mol. The van der Waals surface area contributed by atoms with Crippen LogP contribution in [0.25, 0.3) is 0 Å². The van der Waals surface area contributed by atoms with Crippen LogP contribution in [0, 0.1) is 11.8 Å². The summed E-state index contributed by atoms with van der Waals surface area (Å²) in [4.78, 5) is 13.1. The molecule has 1 aliphatic heterocycles. The minimum absolute atomic E-state index is 0.199. The van der Waals surface area contributed by atoms with Gasteiger partial charge in [0.05, 0.1) is 5.92 Å². The van der Waals surface area contributed by atoms with Crippen molar-refractivity contribution in [2.24, 2.45) is 11.8 Å². The van der Waals surface area contributed by atoms with Gasteiger partial charge in [-0.05, 0) is 23.6 Å². The lowest BCUT2D eigenvalue weighted by atomic mass is 9.99. The Morgan fingerprint density at radius 3 is 2.53 bits per heavy atom. The molecule has 1 saturated heterocycles. The number of carboxylic acid groups (broad SMARTS) is 1. The molecule has 0 radical (unpaired) electrons. The zero-order chi connectivity index (χ0) is 12.4. The van der Waals surface area contributed by atoms with Gasteiger partial charge in [-0.25, -0.2) is 0 Å². The maximum absolute atomic E-state index is 11.0. The number of aliphatic carboxylic acids is 1. The molecular formula is C13H17NO3. The van der Waals surface area contributed by atoms with E-state index in [0.717, 1.165) is 18.7 Å². The van der Waals surface area contributed by atoms with E-state index in [9.17, 15) is 9.90 Å². The van der Waals surface area contributed by atoms with E-state index in [1.807, 2.05) is 19.1 Å². The van der Waals surface area contributed by atoms with Crippen LogP contribution in [0.15, 0.2) is 24.3 Å². The third kappa shape index (κ3) is 2.77. The lowest BCUT2D eigenvalue weighted by Gasteiger charge is -2.15. The quantitative estimate of drug-likeness (QED) is 0.834. The largest absolute Gasteiger partial charge is 0.508 e. The highest BCUT2D eigenvalue weighted by atomic mass is 16.4. The molecule has 1 aromatic carbocycles. The lowest BCUT2D eigenvalue weighted by Crippen LogP contribution is -2.23. The highest BCUT2D eigenvalue weighted by Crippen LogP contribution is 2.24. The predicted molar refractivity (Wildman–Crippen MR) is 63.7 cm³/mol. The molecule has 0 unspecified atom stereocenters. The standard InChI is InChI=1S/C13H17NO3/c1-9-6-14(8-12(9)13(16)17)7-10-2-4-11(15)5-3-10/h2-5,9,12,15H,6-8H2,1H3,(H,16,17)/t9-,12-/m1/s1. The Labute approximate surface area is 100 Å². The molecule has 1 aromatic rings. The first-order chi connectivity index (χ1) is 8.06. The Bertz CT molecular complexity index is 402. The fraction of sp³-hybridized carbons (Fsp3) is 0.462. The van der Waals surface area contributed by atoms with E-state index >= 15 is 0 Å². The van der Waals surface area contributed by atoms with E-state index in [0.29, 0.717) is 6.54 Å². The summed E-state index contributed by atoms with van der Waals surface area (Å²) in [6.45, 7) is 4.15. The Balaban J connectivity index is 1.97. The van der Waals surface area contributed by atoms with Crippen molar-refractivity contribution in [2.75, 3.05) is 13.1 Å². The van der Waals surface area contributed by atoms with Gasteiger partial charge in [-0.2, -0.15) is 0 Å². The third-order valence-electron chi connectivity index (χ3n) is 3.35. The topological polar surface area (TPSA) is 60.8 Å². The van der Waals surface area contributed by atoms with Gasteiger partial charge in [0.15, 0.2) is 0 Å². The summed E-state index contributed by atoms with van der Waals surface area (Å²) in [5.41, 5.74) is 1.10. The molecule has 0 bridgehead atoms. The second-order valence-corrected chi connectivity index (χ2v) is 4.78. The first-order valence-electron chi connectivity index (χ1n) is 5.79. The number of carbonyl (C=O) groups is 1. The number of likely N-dealkylation sites (tertiary alicyclic amines) is 1. The average molecular weight is 235 g/mol. The van der Waals surface area contributed by atoms with Gasteiger partial charge in [0, 0.05) is 19.6 Å². The van der Waals surface area contributed by atoms with Crippen molar-refractivity contribution in [3.63, 3.8) is 0 Å². The van der Waals surface area contributed by atoms with Crippen molar-refractivity contribution >= 4 is 5.97 Å². The summed E-state index contributed by atoms with van der Waals surface area (Å²) in [6.07, 6.45) is 0. The first kappa shape index (κ1) is 11.9. The molecule has 0 spiro atoms. The maximum atomic E-state index is 11.0. The fourth-order valence-corrected chi connectivity index (χ4v) is 2.38. The lowest BCUT2D eigenvalue weighted by molar-refractivity contribution is -0.142. The minimum atomic E-state index is -0.703. The number of rotatable bonds is 3. The van der Waals surface area contributed by atoms with E-state index in [1.54, 1.807) is 12.1 Å². The van der Waals surface area contributed by atoms with Crippen LogP contribution in [0.1, 0.15) is 12.5 Å². The number of benzene rings is 1. The Hall–Kier alpha value is -1.55. The molecule has 2 atom stereocenters. The molecule has 2 N–H and O–H groups in total. The van der Waals surface area contributed by atoms with Gasteiger partial charge in [0.2, 0.25) is 0 Å². The highest BCUT2D eigenvalue weighted by molar-refractivity contribution is 5.71. The normalized spacial score (nSPS) is 25.0. The van der Waals surface area contributed by atoms with Gasteiger partial charge in [-0.15, -0.1) is 0 Å². The smallest absolute Gasteiger partial charge is 0.308 e. The predicted octanol–water partition coefficient (Wildman–Crippen LogP) is 1.54. The van der Waals surface area contributed by atoms with E-state index in [4.69, 9.17) is 5.11 Å². The van der Waals surface area contributed by atoms with Crippen LogP contribution in [-0.4, -0.2) is 34.2 Å². The number of carboxylic acids is 1. The molecule has 2 rings (SSSR count). The number of nitrogens with zero attached hydrogens (tertiary/aromatic N) is 1. The molecule has 1 fully saturated rings. The minimum Gasteiger partial charge on any atom is -0.508 e. The molecule has 0 saturated carbocycles. The summed E-state index contributed by atoms with van der Waals surface area (Å²) in [5, 5.41) is 18.2. The van der Waals surface area contributed by atoms with Crippen molar-refractivity contribution in [3.05, 3.63) is 29.8 Å². The highest BCUT2D eigenvalue weighted by Gasteiger charge is 2.34. The second kappa shape index (κ2) is 4.75. The first-order valence-corrected chi connectivity index (χ1v) is 5.79. The second-order valence-electron chi connectivity index (χ2n) is 4.78. The number of phenolic OH excluding ortho intramolecular Hbond substituents is 1. The monoisotopic (exact) mass is 235 g/mol. The summed E-state index contributed by atoms with van der Waals surface area (Å²) in [6, 6.07) is 7.05. The van der Waals surface area contributed by atoms with Gasteiger partial charge < -0.3 is 10.2 Å². The third-order valence-corrected chi connectivity index (χ3v) is 3.35. The van der Waals surface area contributed by atoms with Crippen molar-refractivity contribution in [1.82, 2.24) is 4.90 Å². The number of hydrogen-bond acceptors (Lipinski definition) is 3. The zero-order valence-electron chi connectivity index (χ0n) is 9.84. The van der Waals surface area contributed by atoms with Crippen molar-refractivity contribution in [3.8, 4) is 5.75 Å². The molecule has 4 heteroatoms. The van der Waals surface area contributed by atoms with Crippen LogP contribution in [0.5, 0.6) is 5.75 Å². The summed E-state index contributed by atoms with van der Waals surface area (Å²) >= 11 is 0. The molecule has 0 aliphatic carbocycles.